The Morgan fingerprint density at radius 3 is 3.00 bits per heavy atom. The number of aliphatic imine (C=N–C) groups is 1. The van der Waals surface area contributed by atoms with Gasteiger partial charge in [-0.25, -0.2) is 9.97 Å². The van der Waals surface area contributed by atoms with E-state index in [9.17, 15) is 0 Å². The van der Waals surface area contributed by atoms with Gasteiger partial charge in [0.05, 0.1) is 43.8 Å². The summed E-state index contributed by atoms with van der Waals surface area (Å²) >= 11 is 0. The number of hydrogen-bond donors (Lipinski definition) is 0. The van der Waals surface area contributed by atoms with Crippen molar-refractivity contribution in [2.24, 2.45) is 4.99 Å². The van der Waals surface area contributed by atoms with Gasteiger partial charge in [-0.3, -0.25) is 4.99 Å². The zero-order valence-electron chi connectivity index (χ0n) is 16.6. The first kappa shape index (κ1) is 18.8. The standard InChI is InChI=1S/C21H26N4O3/c1-14-11-27-7-6-25(14)20-9-19(23-13-24-20)21-18-8-17(28-15(2)12-26-3)5-4-16(18)10-22-21/h4-5,8-9,13-15H,6-7,10-12H2,1-3H3/t14-,15+/m1/s1. The molecule has 0 bridgehead atoms. The van der Waals surface area contributed by atoms with Crippen LogP contribution >= 0.6 is 0 Å². The third-order valence-electron chi connectivity index (χ3n) is 5.04. The fraction of sp³-hybridized carbons (Fsp3) is 0.476. The number of rotatable bonds is 6. The number of ether oxygens (including phenoxy) is 3. The lowest BCUT2D eigenvalue weighted by Crippen LogP contribution is -2.44. The number of aromatic nitrogens is 2. The molecule has 28 heavy (non-hydrogen) atoms. The first-order valence-corrected chi connectivity index (χ1v) is 9.66. The largest absolute Gasteiger partial charge is 0.488 e. The van der Waals surface area contributed by atoms with Gasteiger partial charge in [0.1, 0.15) is 24.0 Å². The molecule has 1 saturated heterocycles. The topological polar surface area (TPSA) is 69.1 Å². The first-order chi connectivity index (χ1) is 13.7. The van der Waals surface area contributed by atoms with Crippen LogP contribution in [0.4, 0.5) is 5.82 Å². The van der Waals surface area contributed by atoms with Crippen LogP contribution in [-0.4, -0.2) is 61.3 Å². The Morgan fingerprint density at radius 1 is 1.29 bits per heavy atom. The van der Waals surface area contributed by atoms with Crippen molar-refractivity contribution in [3.05, 3.63) is 47.4 Å². The molecular formula is C21H26N4O3. The number of hydrogen-bond acceptors (Lipinski definition) is 7. The molecule has 0 N–H and O–H groups in total. The number of morpholine rings is 1. The van der Waals surface area contributed by atoms with Crippen molar-refractivity contribution in [3.63, 3.8) is 0 Å². The Balaban J connectivity index is 1.59. The molecule has 0 spiro atoms. The van der Waals surface area contributed by atoms with Crippen molar-refractivity contribution in [2.45, 2.75) is 32.5 Å². The molecule has 2 aliphatic heterocycles. The molecule has 148 valence electrons. The lowest BCUT2D eigenvalue weighted by molar-refractivity contribution is 0.0921. The number of nitrogens with zero attached hydrogens (tertiary/aromatic N) is 4. The summed E-state index contributed by atoms with van der Waals surface area (Å²) in [4.78, 5) is 16.0. The molecular weight excluding hydrogens is 356 g/mol. The van der Waals surface area contributed by atoms with Crippen LogP contribution in [0, 0.1) is 0 Å². The van der Waals surface area contributed by atoms with Crippen molar-refractivity contribution >= 4 is 11.5 Å². The zero-order chi connectivity index (χ0) is 19.5. The lowest BCUT2D eigenvalue weighted by Gasteiger charge is -2.34. The minimum atomic E-state index is -0.0155. The molecule has 1 aromatic heterocycles. The Kier molecular flexibility index (Phi) is 5.54. The summed E-state index contributed by atoms with van der Waals surface area (Å²) in [5.74, 6) is 1.73. The van der Waals surface area contributed by atoms with Gasteiger partial charge in [-0.05, 0) is 31.5 Å². The van der Waals surface area contributed by atoms with Crippen LogP contribution < -0.4 is 9.64 Å². The van der Waals surface area contributed by atoms with Gasteiger partial charge in [-0.1, -0.05) is 6.07 Å². The van der Waals surface area contributed by atoms with E-state index in [1.54, 1.807) is 13.4 Å². The predicted octanol–water partition coefficient (Wildman–Crippen LogP) is 2.47. The second-order valence-corrected chi connectivity index (χ2v) is 7.25. The minimum absolute atomic E-state index is 0.0155. The highest BCUT2D eigenvalue weighted by Gasteiger charge is 2.24. The maximum Gasteiger partial charge on any atom is 0.133 e. The SMILES string of the molecule is COC[C@H](C)Oc1ccc2c(c1)C(c1cc(N3CCOC[C@H]3C)ncn1)=NC2. The van der Waals surface area contributed by atoms with Gasteiger partial charge in [-0.15, -0.1) is 0 Å². The third kappa shape index (κ3) is 3.86. The van der Waals surface area contributed by atoms with Gasteiger partial charge < -0.3 is 19.1 Å². The summed E-state index contributed by atoms with van der Waals surface area (Å²) in [5, 5.41) is 0. The molecule has 4 rings (SSSR count). The van der Waals surface area contributed by atoms with Crippen molar-refractivity contribution < 1.29 is 14.2 Å². The monoisotopic (exact) mass is 382 g/mol. The summed E-state index contributed by atoms with van der Waals surface area (Å²) in [7, 11) is 1.68. The molecule has 0 unspecified atom stereocenters. The average molecular weight is 382 g/mol. The summed E-state index contributed by atoms with van der Waals surface area (Å²) in [6.45, 7) is 7.60. The molecule has 7 heteroatoms. The van der Waals surface area contributed by atoms with E-state index in [0.29, 0.717) is 26.4 Å². The number of methoxy groups -OCH3 is 1. The zero-order valence-corrected chi connectivity index (χ0v) is 16.6. The van der Waals surface area contributed by atoms with Crippen LogP contribution in [0.1, 0.15) is 30.7 Å². The fourth-order valence-electron chi connectivity index (χ4n) is 3.66. The predicted molar refractivity (Wildman–Crippen MR) is 107 cm³/mol. The van der Waals surface area contributed by atoms with Gasteiger partial charge >= 0.3 is 0 Å². The molecule has 0 aliphatic carbocycles. The first-order valence-electron chi connectivity index (χ1n) is 9.66. The molecule has 0 saturated carbocycles. The van der Waals surface area contributed by atoms with E-state index in [2.05, 4.69) is 27.9 Å². The Hall–Kier alpha value is -2.51. The Labute approximate surface area is 165 Å². The molecule has 3 heterocycles. The summed E-state index contributed by atoms with van der Waals surface area (Å²) in [5.41, 5.74) is 3.98. The van der Waals surface area contributed by atoms with Crippen molar-refractivity contribution in [1.29, 1.82) is 0 Å². The van der Waals surface area contributed by atoms with Gasteiger partial charge in [0.15, 0.2) is 0 Å². The van der Waals surface area contributed by atoms with E-state index in [1.807, 2.05) is 25.1 Å². The van der Waals surface area contributed by atoms with E-state index >= 15 is 0 Å². The van der Waals surface area contributed by atoms with E-state index in [-0.39, 0.29) is 12.1 Å². The summed E-state index contributed by atoms with van der Waals surface area (Å²) in [6.07, 6.45) is 1.60. The third-order valence-corrected chi connectivity index (χ3v) is 5.04. The summed E-state index contributed by atoms with van der Waals surface area (Å²) in [6, 6.07) is 8.43. The molecule has 0 amide bonds. The molecule has 2 aromatic rings. The summed E-state index contributed by atoms with van der Waals surface area (Å²) < 4.78 is 16.7. The second-order valence-electron chi connectivity index (χ2n) is 7.25. The smallest absolute Gasteiger partial charge is 0.133 e. The van der Waals surface area contributed by atoms with Gasteiger partial charge in [-0.2, -0.15) is 0 Å². The Morgan fingerprint density at radius 2 is 2.18 bits per heavy atom. The van der Waals surface area contributed by atoms with E-state index in [1.165, 1.54) is 5.56 Å². The highest BCUT2D eigenvalue weighted by molar-refractivity contribution is 6.14. The number of fused-ring (bicyclic) bond motifs is 1. The van der Waals surface area contributed by atoms with Crippen LogP contribution in [0.3, 0.4) is 0 Å². The van der Waals surface area contributed by atoms with Crippen molar-refractivity contribution in [2.75, 3.05) is 38.4 Å². The second kappa shape index (κ2) is 8.24. The van der Waals surface area contributed by atoms with Crippen molar-refractivity contribution in [1.82, 2.24) is 9.97 Å². The highest BCUT2D eigenvalue weighted by Crippen LogP contribution is 2.28. The minimum Gasteiger partial charge on any atom is -0.488 e. The fourth-order valence-corrected chi connectivity index (χ4v) is 3.66. The van der Waals surface area contributed by atoms with Gasteiger partial charge in [0.2, 0.25) is 0 Å². The molecule has 0 radical (unpaired) electrons. The quantitative estimate of drug-likeness (QED) is 0.765. The van der Waals surface area contributed by atoms with Crippen LogP contribution in [0.2, 0.25) is 0 Å². The normalized spacial score (nSPS) is 19.9. The molecule has 1 aromatic carbocycles. The van der Waals surface area contributed by atoms with Crippen LogP contribution in [0.5, 0.6) is 5.75 Å². The van der Waals surface area contributed by atoms with Gasteiger partial charge in [0, 0.05) is 25.3 Å². The van der Waals surface area contributed by atoms with Crippen molar-refractivity contribution in [3.8, 4) is 5.75 Å². The van der Waals surface area contributed by atoms with E-state index < -0.39 is 0 Å². The van der Waals surface area contributed by atoms with Crippen LogP contribution in [0.25, 0.3) is 0 Å². The Bertz CT molecular complexity index is 870. The maximum absolute atomic E-state index is 5.96. The molecule has 2 aliphatic rings. The molecule has 1 fully saturated rings. The van der Waals surface area contributed by atoms with E-state index in [0.717, 1.165) is 35.1 Å². The highest BCUT2D eigenvalue weighted by atomic mass is 16.5. The number of anilines is 1. The molecule has 2 atom stereocenters. The average Bonchev–Trinajstić information content (AvgIpc) is 3.12. The van der Waals surface area contributed by atoms with E-state index in [4.69, 9.17) is 19.2 Å². The van der Waals surface area contributed by atoms with Gasteiger partial charge in [0.25, 0.3) is 0 Å². The lowest BCUT2D eigenvalue weighted by atomic mass is 10.0. The number of benzene rings is 1. The van der Waals surface area contributed by atoms with Crippen LogP contribution in [0.15, 0.2) is 35.6 Å². The van der Waals surface area contributed by atoms with Crippen LogP contribution in [-0.2, 0) is 16.0 Å². The maximum atomic E-state index is 5.96. The molecule has 7 nitrogen and oxygen atoms in total.